The maximum Gasteiger partial charge on any atom is 0.436 e. The summed E-state index contributed by atoms with van der Waals surface area (Å²) in [6.07, 6.45) is -9.70. The quantitative estimate of drug-likeness (QED) is 0.251. The second kappa shape index (κ2) is 9.83. The van der Waals surface area contributed by atoms with E-state index in [0.717, 1.165) is 16.3 Å². The van der Waals surface area contributed by atoms with Crippen molar-refractivity contribution in [3.05, 3.63) is 62.9 Å². The molecule has 1 aromatic carbocycles. The average Bonchev–Trinajstić information content (AvgIpc) is 3.35. The van der Waals surface area contributed by atoms with E-state index >= 15 is 0 Å². The molecule has 0 spiro atoms. The van der Waals surface area contributed by atoms with Crippen LogP contribution in [0.4, 0.5) is 32.0 Å². The van der Waals surface area contributed by atoms with Crippen molar-refractivity contribution in [2.45, 2.75) is 39.2 Å². The molecular formula is C24H18ClF6N5O2S. The van der Waals surface area contributed by atoms with E-state index in [9.17, 15) is 35.9 Å². The minimum absolute atomic E-state index is 0.0108. The fourth-order valence-electron chi connectivity index (χ4n) is 3.89. The number of amides is 2. The summed E-state index contributed by atoms with van der Waals surface area (Å²) in [5.74, 6) is -1.98. The molecule has 7 nitrogen and oxygen atoms in total. The number of halogens is 7. The van der Waals surface area contributed by atoms with Gasteiger partial charge in [0.05, 0.1) is 16.4 Å². The molecule has 0 fully saturated rings. The summed E-state index contributed by atoms with van der Waals surface area (Å²) in [6.45, 7) is 4.26. The summed E-state index contributed by atoms with van der Waals surface area (Å²) in [5.41, 5.74) is 3.68. The van der Waals surface area contributed by atoms with Gasteiger partial charge >= 0.3 is 12.4 Å². The molecule has 15 heteroatoms. The second-order valence-electron chi connectivity index (χ2n) is 8.62. The molecule has 0 bridgehead atoms. The second-order valence-corrected chi connectivity index (χ2v) is 10.0. The van der Waals surface area contributed by atoms with E-state index in [1.807, 2.05) is 0 Å². The van der Waals surface area contributed by atoms with Crippen LogP contribution in [0.3, 0.4) is 0 Å². The summed E-state index contributed by atoms with van der Waals surface area (Å²) in [5, 5.41) is 5.21. The first-order valence-electron chi connectivity index (χ1n) is 11.0. The maximum absolute atomic E-state index is 13.7. The molecule has 3 heterocycles. The number of thiophene rings is 1. The molecule has 1 atom stereocenters. The Morgan fingerprint density at radius 1 is 1.08 bits per heavy atom. The summed E-state index contributed by atoms with van der Waals surface area (Å²) < 4.78 is 81.6. The van der Waals surface area contributed by atoms with Crippen LogP contribution in [0.2, 0.25) is 5.02 Å². The lowest BCUT2D eigenvalue weighted by Gasteiger charge is -2.16. The van der Waals surface area contributed by atoms with Gasteiger partial charge in [-0.05, 0) is 38.0 Å². The van der Waals surface area contributed by atoms with Crippen molar-refractivity contribution in [3.63, 3.8) is 0 Å². The molecule has 4 rings (SSSR count). The summed E-state index contributed by atoms with van der Waals surface area (Å²) in [7, 11) is 0. The number of fused-ring (bicyclic) bond motifs is 1. The zero-order chi connectivity index (χ0) is 29.0. The molecule has 206 valence electrons. The fourth-order valence-corrected chi connectivity index (χ4v) is 5.13. The highest BCUT2D eigenvalue weighted by atomic mass is 35.5. The molecule has 3 aromatic heterocycles. The highest BCUT2D eigenvalue weighted by Gasteiger charge is 2.39. The van der Waals surface area contributed by atoms with Gasteiger partial charge in [0.1, 0.15) is 21.4 Å². The van der Waals surface area contributed by atoms with Crippen molar-refractivity contribution in [1.29, 1.82) is 0 Å². The zero-order valence-electron chi connectivity index (χ0n) is 20.3. The highest BCUT2D eigenvalue weighted by molar-refractivity contribution is 7.21. The largest absolute Gasteiger partial charge is 0.436 e. The van der Waals surface area contributed by atoms with E-state index in [1.165, 1.54) is 13.8 Å². The Labute approximate surface area is 225 Å². The average molecular weight is 590 g/mol. The third kappa shape index (κ3) is 5.30. The number of rotatable bonds is 5. The van der Waals surface area contributed by atoms with Crippen LogP contribution in [0.25, 0.3) is 21.3 Å². The first-order valence-corrected chi connectivity index (χ1v) is 12.2. The van der Waals surface area contributed by atoms with Crippen LogP contribution in [-0.2, 0) is 17.1 Å². The summed E-state index contributed by atoms with van der Waals surface area (Å²) >= 11 is 6.34. The molecule has 0 saturated carbocycles. The predicted octanol–water partition coefficient (Wildman–Crippen LogP) is 6.77. The molecule has 0 radical (unpaired) electrons. The molecule has 2 amide bonds. The molecule has 0 saturated heterocycles. The number of aromatic nitrogens is 3. The molecule has 4 aromatic rings. The van der Waals surface area contributed by atoms with Gasteiger partial charge in [-0.3, -0.25) is 14.3 Å². The van der Waals surface area contributed by atoms with Crippen molar-refractivity contribution < 1.29 is 35.9 Å². The number of benzene rings is 1. The molecule has 0 aliphatic heterocycles. The molecular weight excluding hydrogens is 572 g/mol. The van der Waals surface area contributed by atoms with Gasteiger partial charge < -0.3 is 11.1 Å². The van der Waals surface area contributed by atoms with Crippen LogP contribution in [0.15, 0.2) is 30.3 Å². The molecule has 1 unspecified atom stereocenters. The third-order valence-corrected chi connectivity index (χ3v) is 7.43. The topological polar surface area (TPSA) is 103 Å². The number of nitrogens with two attached hydrogens (primary N) is 1. The van der Waals surface area contributed by atoms with Gasteiger partial charge in [0.25, 0.3) is 5.91 Å². The van der Waals surface area contributed by atoms with Crippen molar-refractivity contribution in [2.24, 2.45) is 5.73 Å². The van der Waals surface area contributed by atoms with Crippen LogP contribution >= 0.6 is 22.9 Å². The Balaban J connectivity index is 1.89. The number of pyridine rings is 1. The predicted molar refractivity (Wildman–Crippen MR) is 134 cm³/mol. The summed E-state index contributed by atoms with van der Waals surface area (Å²) in [4.78, 5) is 28.6. The number of hydrogen-bond acceptors (Lipinski definition) is 5. The smallest absolute Gasteiger partial charge is 0.365 e. The van der Waals surface area contributed by atoms with Crippen LogP contribution in [-0.4, -0.2) is 26.6 Å². The highest BCUT2D eigenvalue weighted by Crippen LogP contribution is 2.44. The Bertz CT molecular complexity index is 1610. The Morgan fingerprint density at radius 2 is 1.69 bits per heavy atom. The number of hydrogen-bond donors (Lipinski definition) is 2. The lowest BCUT2D eigenvalue weighted by Crippen LogP contribution is -2.26. The number of aryl methyl sites for hydroxylation is 1. The Morgan fingerprint density at radius 3 is 2.21 bits per heavy atom. The van der Waals surface area contributed by atoms with Crippen LogP contribution in [0.1, 0.15) is 45.3 Å². The van der Waals surface area contributed by atoms with Crippen molar-refractivity contribution in [2.75, 3.05) is 5.32 Å². The standard InChI is InChI=1S/C24H18ClF6N5O2S/c1-9-4-6-12(7-5-9)13-8-14(23(26,27)28)33-22-15(13)17(18(39-22)20(32)37)34-21(38)11(3)36-10(2)16(25)19(35-36)24(29,30)31/h4-8,11H,1-3H3,(H2,32,37)(H,34,38). The van der Waals surface area contributed by atoms with Crippen LogP contribution < -0.4 is 11.1 Å². The minimum atomic E-state index is -4.88. The van der Waals surface area contributed by atoms with Gasteiger partial charge in [0.2, 0.25) is 5.91 Å². The minimum Gasteiger partial charge on any atom is -0.365 e. The van der Waals surface area contributed by atoms with Crippen LogP contribution in [0, 0.1) is 13.8 Å². The van der Waals surface area contributed by atoms with E-state index in [-0.39, 0.29) is 32.0 Å². The van der Waals surface area contributed by atoms with Gasteiger partial charge in [-0.15, -0.1) is 11.3 Å². The van der Waals surface area contributed by atoms with Crippen LogP contribution in [0.5, 0.6) is 0 Å². The zero-order valence-corrected chi connectivity index (χ0v) is 21.8. The SMILES string of the molecule is Cc1ccc(-c2cc(C(F)(F)F)nc3sc(C(N)=O)c(NC(=O)C(C)n4nc(C(F)(F)F)c(Cl)c4C)c23)cc1. The monoisotopic (exact) mass is 589 g/mol. The number of carbonyl (C=O) groups is 2. The first kappa shape index (κ1) is 28.4. The van der Waals surface area contributed by atoms with E-state index in [2.05, 4.69) is 15.4 Å². The number of nitrogens with one attached hydrogen (secondary N) is 1. The first-order chi connectivity index (χ1) is 18.0. The van der Waals surface area contributed by atoms with Crippen molar-refractivity contribution >= 4 is 50.7 Å². The Kier molecular flexibility index (Phi) is 7.15. The fraction of sp³-hybridized carbons (Fsp3) is 0.250. The molecule has 0 aliphatic carbocycles. The normalized spacial score (nSPS) is 13.1. The molecule has 39 heavy (non-hydrogen) atoms. The van der Waals surface area contributed by atoms with Crippen molar-refractivity contribution in [3.8, 4) is 11.1 Å². The lowest BCUT2D eigenvalue weighted by atomic mass is 10.00. The summed E-state index contributed by atoms with van der Waals surface area (Å²) in [6, 6.07) is 5.87. The van der Waals surface area contributed by atoms with E-state index < -0.39 is 46.6 Å². The number of alkyl halides is 6. The van der Waals surface area contributed by atoms with E-state index in [0.29, 0.717) is 16.9 Å². The van der Waals surface area contributed by atoms with E-state index in [4.69, 9.17) is 17.3 Å². The molecule has 3 N–H and O–H groups in total. The van der Waals surface area contributed by atoms with Gasteiger partial charge in [-0.1, -0.05) is 41.4 Å². The number of primary amides is 1. The number of nitrogens with zero attached hydrogens (tertiary/aromatic N) is 3. The third-order valence-electron chi connectivity index (χ3n) is 5.88. The van der Waals surface area contributed by atoms with Gasteiger partial charge in [0, 0.05) is 5.39 Å². The lowest BCUT2D eigenvalue weighted by molar-refractivity contribution is -0.142. The van der Waals surface area contributed by atoms with E-state index in [1.54, 1.807) is 31.2 Å². The Hall–Kier alpha value is -3.65. The van der Waals surface area contributed by atoms with Gasteiger partial charge in [-0.2, -0.15) is 31.4 Å². The number of carbonyl (C=O) groups excluding carboxylic acids is 2. The van der Waals surface area contributed by atoms with Gasteiger partial charge in [0.15, 0.2) is 5.69 Å². The van der Waals surface area contributed by atoms with Crippen molar-refractivity contribution in [1.82, 2.24) is 14.8 Å². The van der Waals surface area contributed by atoms with Gasteiger partial charge in [-0.25, -0.2) is 4.98 Å². The molecule has 0 aliphatic rings. The maximum atomic E-state index is 13.7. The number of anilines is 1.